The van der Waals surface area contributed by atoms with Gasteiger partial charge in [0.25, 0.3) is 5.91 Å². The van der Waals surface area contributed by atoms with Gasteiger partial charge in [0.05, 0.1) is 0 Å². The number of hydrogen-bond donors (Lipinski definition) is 2. The number of rotatable bonds is 4. The zero-order chi connectivity index (χ0) is 14.5. The van der Waals surface area contributed by atoms with E-state index in [1.54, 1.807) is 0 Å². The first-order chi connectivity index (χ1) is 9.60. The Labute approximate surface area is 127 Å². The molecule has 104 valence electrons. The lowest BCUT2D eigenvalue weighted by Gasteiger charge is -2.07. The highest BCUT2D eigenvalue weighted by molar-refractivity contribution is 9.10. The predicted molar refractivity (Wildman–Crippen MR) is 86.0 cm³/mol. The summed E-state index contributed by atoms with van der Waals surface area (Å²) in [7, 11) is 0. The minimum atomic E-state index is -0.111. The van der Waals surface area contributed by atoms with Gasteiger partial charge in [-0.15, -0.1) is 0 Å². The molecule has 1 amide bonds. The zero-order valence-corrected chi connectivity index (χ0v) is 12.9. The molecule has 0 radical (unpaired) electrons. The second-order valence-electron chi connectivity index (χ2n) is 4.65. The standard InChI is InChI=1S/C16H17BrN2O/c1-11-2-7-14(10-15(11)17)19-16(20)13-5-3-12(4-6-13)8-9-18/h2-7,10H,8-9,18H2,1H3,(H,19,20). The monoisotopic (exact) mass is 332 g/mol. The number of nitrogens with one attached hydrogen (secondary N) is 1. The predicted octanol–water partition coefficient (Wildman–Crippen LogP) is 3.51. The lowest BCUT2D eigenvalue weighted by molar-refractivity contribution is 0.102. The molecule has 0 unspecified atom stereocenters. The van der Waals surface area contributed by atoms with Gasteiger partial charge in [0.2, 0.25) is 0 Å². The third-order valence-corrected chi connectivity index (χ3v) is 3.93. The van der Waals surface area contributed by atoms with Crippen LogP contribution in [0.3, 0.4) is 0 Å². The first kappa shape index (κ1) is 14.8. The summed E-state index contributed by atoms with van der Waals surface area (Å²) in [4.78, 5) is 12.1. The number of amides is 1. The smallest absolute Gasteiger partial charge is 0.255 e. The van der Waals surface area contributed by atoms with E-state index in [0.29, 0.717) is 12.1 Å². The second kappa shape index (κ2) is 6.68. The van der Waals surface area contributed by atoms with Crippen molar-refractivity contribution in [3.8, 4) is 0 Å². The Morgan fingerprint density at radius 1 is 1.20 bits per heavy atom. The fourth-order valence-electron chi connectivity index (χ4n) is 1.86. The molecule has 3 N–H and O–H groups in total. The maximum absolute atomic E-state index is 12.1. The topological polar surface area (TPSA) is 55.1 Å². The van der Waals surface area contributed by atoms with Crippen LogP contribution in [0, 0.1) is 6.92 Å². The van der Waals surface area contributed by atoms with Gasteiger partial charge in [0, 0.05) is 15.7 Å². The fraction of sp³-hybridized carbons (Fsp3) is 0.188. The van der Waals surface area contributed by atoms with Crippen molar-refractivity contribution in [3.63, 3.8) is 0 Å². The molecule has 0 heterocycles. The highest BCUT2D eigenvalue weighted by Gasteiger charge is 2.06. The normalized spacial score (nSPS) is 10.3. The van der Waals surface area contributed by atoms with Gasteiger partial charge in [0.15, 0.2) is 0 Å². The summed E-state index contributed by atoms with van der Waals surface area (Å²) in [5, 5.41) is 2.88. The number of carbonyl (C=O) groups is 1. The van der Waals surface area contributed by atoms with Crippen LogP contribution in [0.2, 0.25) is 0 Å². The molecular formula is C16H17BrN2O. The van der Waals surface area contributed by atoms with Gasteiger partial charge in [-0.1, -0.05) is 34.1 Å². The summed E-state index contributed by atoms with van der Waals surface area (Å²) in [5.41, 5.74) is 9.20. The first-order valence-electron chi connectivity index (χ1n) is 6.46. The van der Waals surface area contributed by atoms with Crippen LogP contribution in [-0.4, -0.2) is 12.5 Å². The van der Waals surface area contributed by atoms with Crippen LogP contribution in [0.4, 0.5) is 5.69 Å². The van der Waals surface area contributed by atoms with Crippen LogP contribution in [0.25, 0.3) is 0 Å². The van der Waals surface area contributed by atoms with Crippen molar-refractivity contribution in [1.29, 1.82) is 0 Å². The number of aryl methyl sites for hydroxylation is 1. The second-order valence-corrected chi connectivity index (χ2v) is 5.51. The molecule has 0 fully saturated rings. The molecule has 0 aliphatic heterocycles. The summed E-state index contributed by atoms with van der Waals surface area (Å²) >= 11 is 3.46. The van der Waals surface area contributed by atoms with Crippen molar-refractivity contribution in [2.45, 2.75) is 13.3 Å². The first-order valence-corrected chi connectivity index (χ1v) is 7.26. The molecule has 2 rings (SSSR count). The Morgan fingerprint density at radius 2 is 1.90 bits per heavy atom. The van der Waals surface area contributed by atoms with E-state index >= 15 is 0 Å². The third-order valence-electron chi connectivity index (χ3n) is 3.08. The van der Waals surface area contributed by atoms with Gasteiger partial charge < -0.3 is 11.1 Å². The molecule has 20 heavy (non-hydrogen) atoms. The molecule has 4 heteroatoms. The van der Waals surface area contributed by atoms with Crippen molar-refractivity contribution < 1.29 is 4.79 Å². The summed E-state index contributed by atoms with van der Waals surface area (Å²) in [6.45, 7) is 2.62. The van der Waals surface area contributed by atoms with Gasteiger partial charge in [0.1, 0.15) is 0 Å². The Balaban J connectivity index is 2.09. The molecule has 2 aromatic carbocycles. The van der Waals surface area contributed by atoms with Gasteiger partial charge in [-0.05, 0) is 55.3 Å². The molecule has 0 bridgehead atoms. The Hall–Kier alpha value is -1.65. The maximum Gasteiger partial charge on any atom is 0.255 e. The van der Waals surface area contributed by atoms with E-state index in [9.17, 15) is 4.79 Å². The molecule has 0 saturated heterocycles. The van der Waals surface area contributed by atoms with Crippen molar-refractivity contribution in [2.24, 2.45) is 5.73 Å². The molecule has 0 aliphatic carbocycles. The minimum Gasteiger partial charge on any atom is -0.330 e. The summed E-state index contributed by atoms with van der Waals surface area (Å²) in [5.74, 6) is -0.111. The number of nitrogens with two attached hydrogens (primary N) is 1. The zero-order valence-electron chi connectivity index (χ0n) is 11.3. The molecule has 0 atom stereocenters. The van der Waals surface area contributed by atoms with E-state index in [1.165, 1.54) is 0 Å². The Kier molecular flexibility index (Phi) is 4.93. The average Bonchev–Trinajstić information content (AvgIpc) is 2.44. The number of carbonyl (C=O) groups excluding carboxylic acids is 1. The molecule has 3 nitrogen and oxygen atoms in total. The quantitative estimate of drug-likeness (QED) is 0.900. The van der Waals surface area contributed by atoms with E-state index in [0.717, 1.165) is 27.7 Å². The van der Waals surface area contributed by atoms with Crippen molar-refractivity contribution >= 4 is 27.5 Å². The maximum atomic E-state index is 12.1. The van der Waals surface area contributed by atoms with Crippen LogP contribution in [0.1, 0.15) is 21.5 Å². The molecule has 0 aromatic heterocycles. The third kappa shape index (κ3) is 3.68. The highest BCUT2D eigenvalue weighted by atomic mass is 79.9. The van der Waals surface area contributed by atoms with Gasteiger partial charge in [-0.3, -0.25) is 4.79 Å². The summed E-state index contributed by atoms with van der Waals surface area (Å²) in [6.07, 6.45) is 0.826. The van der Waals surface area contributed by atoms with E-state index < -0.39 is 0 Å². The van der Waals surface area contributed by atoms with Gasteiger partial charge in [-0.25, -0.2) is 0 Å². The lowest BCUT2D eigenvalue weighted by atomic mass is 10.1. The Bertz CT molecular complexity index is 608. The van der Waals surface area contributed by atoms with Crippen LogP contribution in [0.5, 0.6) is 0 Å². The number of anilines is 1. The number of halogens is 1. The van der Waals surface area contributed by atoms with E-state index in [-0.39, 0.29) is 5.91 Å². The van der Waals surface area contributed by atoms with Crippen LogP contribution in [-0.2, 0) is 6.42 Å². The van der Waals surface area contributed by atoms with E-state index in [4.69, 9.17) is 5.73 Å². The molecule has 2 aromatic rings. The average molecular weight is 333 g/mol. The van der Waals surface area contributed by atoms with Crippen LogP contribution >= 0.6 is 15.9 Å². The van der Waals surface area contributed by atoms with E-state index in [2.05, 4.69) is 21.2 Å². The van der Waals surface area contributed by atoms with Crippen molar-refractivity contribution in [1.82, 2.24) is 0 Å². The molecule has 0 spiro atoms. The number of benzene rings is 2. The fourth-order valence-corrected chi connectivity index (χ4v) is 2.24. The minimum absolute atomic E-state index is 0.111. The largest absolute Gasteiger partial charge is 0.330 e. The molecule has 0 saturated carbocycles. The van der Waals surface area contributed by atoms with E-state index in [1.807, 2.05) is 49.4 Å². The van der Waals surface area contributed by atoms with Crippen LogP contribution < -0.4 is 11.1 Å². The molecular weight excluding hydrogens is 316 g/mol. The lowest BCUT2D eigenvalue weighted by Crippen LogP contribution is -2.12. The Morgan fingerprint density at radius 3 is 2.50 bits per heavy atom. The highest BCUT2D eigenvalue weighted by Crippen LogP contribution is 2.21. The van der Waals surface area contributed by atoms with Gasteiger partial charge in [-0.2, -0.15) is 0 Å². The summed E-state index contributed by atoms with van der Waals surface area (Å²) < 4.78 is 0.980. The van der Waals surface area contributed by atoms with Gasteiger partial charge >= 0.3 is 0 Å². The summed E-state index contributed by atoms with van der Waals surface area (Å²) in [6, 6.07) is 13.3. The number of hydrogen-bond acceptors (Lipinski definition) is 2. The van der Waals surface area contributed by atoms with Crippen molar-refractivity contribution in [3.05, 3.63) is 63.6 Å². The molecule has 0 aliphatic rings. The van der Waals surface area contributed by atoms with Crippen LogP contribution in [0.15, 0.2) is 46.9 Å². The van der Waals surface area contributed by atoms with Crippen molar-refractivity contribution in [2.75, 3.05) is 11.9 Å². The SMILES string of the molecule is Cc1ccc(NC(=O)c2ccc(CCN)cc2)cc1Br.